The Morgan fingerprint density at radius 1 is 1.09 bits per heavy atom. The van der Waals surface area contributed by atoms with Gasteiger partial charge in [0.25, 0.3) is 0 Å². The Hall–Kier alpha value is -3.28. The molecule has 33 heavy (non-hydrogen) atoms. The summed E-state index contributed by atoms with van der Waals surface area (Å²) in [4.78, 5) is 13.7. The van der Waals surface area contributed by atoms with Crippen LogP contribution in [0, 0.1) is 0 Å². The second-order valence-electron chi connectivity index (χ2n) is 7.21. The van der Waals surface area contributed by atoms with Crippen molar-refractivity contribution in [2.45, 2.75) is 32.0 Å². The highest BCUT2D eigenvalue weighted by atomic mass is 32.1. The van der Waals surface area contributed by atoms with Crippen molar-refractivity contribution in [2.75, 3.05) is 24.6 Å². The van der Waals surface area contributed by atoms with Crippen molar-refractivity contribution in [1.82, 2.24) is 20.4 Å². The molecule has 0 unspecified atom stereocenters. The van der Waals surface area contributed by atoms with Crippen LogP contribution in [-0.2, 0) is 10.9 Å². The molecule has 0 saturated carbocycles. The maximum Gasteiger partial charge on any atom is 0.419 e. The van der Waals surface area contributed by atoms with Crippen molar-refractivity contribution in [3.8, 4) is 16.5 Å². The Labute approximate surface area is 191 Å². The molecule has 0 amide bonds. The number of piperidine rings is 1. The van der Waals surface area contributed by atoms with E-state index in [2.05, 4.69) is 20.4 Å². The number of anilines is 1. The number of hydrogen-bond donors (Lipinski definition) is 0. The minimum absolute atomic E-state index is 0.145. The number of aromatic nitrogens is 4. The van der Waals surface area contributed by atoms with E-state index in [1.807, 2.05) is 4.90 Å². The van der Waals surface area contributed by atoms with Crippen LogP contribution in [0.2, 0.25) is 0 Å². The number of hydrogen-bond acceptors (Lipinski definition) is 9. The molecule has 1 aromatic carbocycles. The summed E-state index contributed by atoms with van der Waals surface area (Å²) in [7, 11) is 0. The van der Waals surface area contributed by atoms with Gasteiger partial charge in [0.1, 0.15) is 17.5 Å². The van der Waals surface area contributed by atoms with Crippen LogP contribution in [0.5, 0.6) is 5.75 Å². The molecular formula is C21H20F3N5O3S. The summed E-state index contributed by atoms with van der Waals surface area (Å²) in [6.45, 7) is 3.09. The van der Waals surface area contributed by atoms with Gasteiger partial charge in [-0.25, -0.2) is 4.79 Å². The Kier molecular flexibility index (Phi) is 6.72. The van der Waals surface area contributed by atoms with Gasteiger partial charge in [-0.05, 0) is 31.2 Å². The van der Waals surface area contributed by atoms with Crippen LogP contribution in [0.1, 0.15) is 35.1 Å². The van der Waals surface area contributed by atoms with E-state index >= 15 is 0 Å². The molecule has 0 N–H and O–H groups in total. The van der Waals surface area contributed by atoms with Gasteiger partial charge in [-0.3, -0.25) is 0 Å². The van der Waals surface area contributed by atoms with Crippen molar-refractivity contribution in [3.63, 3.8) is 0 Å². The minimum atomic E-state index is -4.46. The van der Waals surface area contributed by atoms with Gasteiger partial charge in [0.2, 0.25) is 5.01 Å². The predicted octanol–water partition coefficient (Wildman–Crippen LogP) is 4.24. The van der Waals surface area contributed by atoms with Crippen molar-refractivity contribution < 1.29 is 27.4 Å². The number of alkyl halides is 3. The van der Waals surface area contributed by atoms with Crippen LogP contribution >= 0.6 is 11.3 Å². The van der Waals surface area contributed by atoms with E-state index in [1.165, 1.54) is 18.2 Å². The number of para-hydroxylation sites is 1. The first-order valence-electron chi connectivity index (χ1n) is 10.3. The lowest BCUT2D eigenvalue weighted by atomic mass is 10.1. The summed E-state index contributed by atoms with van der Waals surface area (Å²) in [6.07, 6.45) is -3.68. The number of carbonyl (C=O) groups excluding carboxylic acids is 1. The molecule has 4 rings (SSSR count). The summed E-state index contributed by atoms with van der Waals surface area (Å²) in [5.41, 5.74) is -0.287. The summed E-state index contributed by atoms with van der Waals surface area (Å²) in [6, 6.07) is 8.77. The highest BCUT2D eigenvalue weighted by molar-refractivity contribution is 7.16. The number of rotatable bonds is 6. The number of nitrogens with zero attached hydrogens (tertiary/aromatic N) is 5. The largest absolute Gasteiger partial charge is 0.490 e. The summed E-state index contributed by atoms with van der Waals surface area (Å²) >= 11 is 1.07. The van der Waals surface area contributed by atoms with Gasteiger partial charge in [0.05, 0.1) is 12.2 Å². The molecule has 1 aliphatic heterocycles. The molecular weight excluding hydrogens is 459 g/mol. The second kappa shape index (κ2) is 9.69. The maximum atomic E-state index is 13.2. The number of halogens is 3. The third-order valence-corrected chi connectivity index (χ3v) is 5.92. The van der Waals surface area contributed by atoms with Crippen molar-refractivity contribution in [1.29, 1.82) is 0 Å². The zero-order valence-electron chi connectivity index (χ0n) is 17.6. The van der Waals surface area contributed by atoms with E-state index in [0.29, 0.717) is 42.5 Å². The molecule has 1 aliphatic rings. The average Bonchev–Trinajstić information content (AvgIpc) is 3.30. The maximum absolute atomic E-state index is 13.2. The lowest BCUT2D eigenvalue weighted by Gasteiger charge is -2.33. The van der Waals surface area contributed by atoms with Gasteiger partial charge in [-0.2, -0.15) is 13.2 Å². The van der Waals surface area contributed by atoms with Crippen LogP contribution in [0.15, 0.2) is 36.4 Å². The van der Waals surface area contributed by atoms with Gasteiger partial charge >= 0.3 is 12.1 Å². The molecule has 12 heteroatoms. The smallest absolute Gasteiger partial charge is 0.419 e. The zero-order chi connectivity index (χ0) is 23.4. The fraction of sp³-hybridized carbons (Fsp3) is 0.381. The second-order valence-corrected chi connectivity index (χ2v) is 8.19. The van der Waals surface area contributed by atoms with Gasteiger partial charge in [0, 0.05) is 25.9 Å². The van der Waals surface area contributed by atoms with Gasteiger partial charge in [-0.15, -0.1) is 20.4 Å². The van der Waals surface area contributed by atoms with Gasteiger partial charge in [0.15, 0.2) is 10.8 Å². The molecule has 0 bridgehead atoms. The Morgan fingerprint density at radius 3 is 2.52 bits per heavy atom. The number of benzene rings is 1. The molecule has 0 radical (unpaired) electrons. The molecule has 8 nitrogen and oxygen atoms in total. The van der Waals surface area contributed by atoms with Crippen molar-refractivity contribution in [3.05, 3.63) is 47.0 Å². The average molecular weight is 479 g/mol. The minimum Gasteiger partial charge on any atom is -0.490 e. The summed E-state index contributed by atoms with van der Waals surface area (Å²) in [5.74, 6) is -0.0383. The number of carbonyl (C=O) groups is 1. The lowest BCUT2D eigenvalue weighted by Crippen LogP contribution is -2.39. The normalized spacial score (nSPS) is 14.8. The lowest BCUT2D eigenvalue weighted by molar-refractivity contribution is -0.139. The molecule has 3 heterocycles. The molecule has 1 saturated heterocycles. The fourth-order valence-corrected chi connectivity index (χ4v) is 4.10. The monoisotopic (exact) mass is 479 g/mol. The number of esters is 1. The van der Waals surface area contributed by atoms with E-state index < -0.39 is 17.7 Å². The third kappa shape index (κ3) is 5.38. The Balaban J connectivity index is 1.36. The van der Waals surface area contributed by atoms with E-state index in [0.717, 1.165) is 17.4 Å². The molecule has 1 fully saturated rings. The van der Waals surface area contributed by atoms with E-state index in [-0.39, 0.29) is 23.5 Å². The summed E-state index contributed by atoms with van der Waals surface area (Å²) in [5, 5.41) is 16.8. The molecule has 0 atom stereocenters. The Morgan fingerprint density at radius 2 is 1.85 bits per heavy atom. The number of ether oxygens (including phenoxy) is 2. The molecule has 0 spiro atoms. The quantitative estimate of drug-likeness (QED) is 0.485. The summed E-state index contributed by atoms with van der Waals surface area (Å²) < 4.78 is 50.1. The van der Waals surface area contributed by atoms with Gasteiger partial charge in [-0.1, -0.05) is 23.5 Å². The highest BCUT2D eigenvalue weighted by Gasteiger charge is 2.35. The first kappa shape index (κ1) is 22.9. The molecule has 174 valence electrons. The van der Waals surface area contributed by atoms with Crippen LogP contribution < -0.4 is 9.64 Å². The SMILES string of the molecule is CCOC(=O)c1nnc(-c2ccc(N3CCC(Oc4ccccc4C(F)(F)F)CC3)nn2)s1. The molecule has 2 aromatic heterocycles. The zero-order valence-corrected chi connectivity index (χ0v) is 18.4. The first-order chi connectivity index (χ1) is 15.8. The van der Waals surface area contributed by atoms with E-state index in [9.17, 15) is 18.0 Å². The highest BCUT2D eigenvalue weighted by Crippen LogP contribution is 2.37. The predicted molar refractivity (Wildman–Crippen MR) is 114 cm³/mol. The van der Waals surface area contributed by atoms with Crippen LogP contribution in [0.25, 0.3) is 10.7 Å². The van der Waals surface area contributed by atoms with Crippen LogP contribution in [0.3, 0.4) is 0 Å². The molecule has 0 aliphatic carbocycles. The standard InChI is InChI=1S/C21H20F3N5O3S/c1-2-31-20(30)19-28-27-18(33-19)15-7-8-17(26-25-15)29-11-9-13(10-12-29)32-16-6-4-3-5-14(16)21(22,23)24/h3-8,13H,2,9-12H2,1H3. The topological polar surface area (TPSA) is 90.3 Å². The van der Waals surface area contributed by atoms with Crippen LogP contribution in [-0.4, -0.2) is 52.2 Å². The Bertz CT molecular complexity index is 1100. The van der Waals surface area contributed by atoms with E-state index in [1.54, 1.807) is 19.1 Å². The first-order valence-corrected chi connectivity index (χ1v) is 11.1. The van der Waals surface area contributed by atoms with Crippen molar-refractivity contribution in [2.24, 2.45) is 0 Å². The van der Waals surface area contributed by atoms with Crippen LogP contribution in [0.4, 0.5) is 19.0 Å². The third-order valence-electron chi connectivity index (χ3n) is 5.00. The van der Waals surface area contributed by atoms with E-state index in [4.69, 9.17) is 9.47 Å². The fourth-order valence-electron chi connectivity index (χ4n) is 3.40. The van der Waals surface area contributed by atoms with Gasteiger partial charge < -0.3 is 14.4 Å². The molecule has 3 aromatic rings. The van der Waals surface area contributed by atoms with Crippen molar-refractivity contribution >= 4 is 23.1 Å².